The molecule has 0 aliphatic rings. The minimum absolute atomic E-state index is 0.465. The number of carbonyl (C=O) groups excluding carboxylic acids is 1. The maximum Gasteiger partial charge on any atom is 0.250 e. The maximum atomic E-state index is 12.4. The number of nitrogens with two attached hydrogens (primary N) is 1. The van der Waals surface area contributed by atoms with Crippen LogP contribution in [0.15, 0.2) is 75.1 Å². The number of hydrogen-bond acceptors (Lipinski definition) is 7. The Kier molecular flexibility index (Phi) is 7.62. The average molecular weight is 629 g/mol. The zero-order chi connectivity index (χ0) is 28.3. The largest absolute Gasteiger partial charge is 0.455 e. The van der Waals surface area contributed by atoms with E-state index < -0.39 is 5.91 Å². The van der Waals surface area contributed by atoms with Crippen LogP contribution in [0.2, 0.25) is 0 Å². The van der Waals surface area contributed by atoms with Gasteiger partial charge in [0.1, 0.15) is 17.2 Å². The number of H-pyrrole nitrogens is 1. The van der Waals surface area contributed by atoms with Crippen LogP contribution in [-0.2, 0) is 17.8 Å². The molecule has 2 aromatic carbocycles. The SMILES string of the molecule is CCCCc1ncc(/C=C(/C(N)=O)c2cccs2)n1Cc1ccc2oc(-c3ccccc3-c3nn[nH]n3)c(Br)c2c1. The van der Waals surface area contributed by atoms with Gasteiger partial charge in [0.25, 0.3) is 0 Å². The molecule has 9 nitrogen and oxygen atoms in total. The number of amides is 1. The molecule has 0 saturated carbocycles. The van der Waals surface area contributed by atoms with Crippen molar-refractivity contribution in [2.75, 3.05) is 0 Å². The number of tetrazole rings is 1. The smallest absolute Gasteiger partial charge is 0.250 e. The normalized spacial score (nSPS) is 11.9. The first-order valence-electron chi connectivity index (χ1n) is 13.2. The van der Waals surface area contributed by atoms with Crippen molar-refractivity contribution in [1.29, 1.82) is 0 Å². The number of primary amides is 1. The van der Waals surface area contributed by atoms with E-state index in [0.717, 1.165) is 67.8 Å². The number of aryl methyl sites for hydroxylation is 1. The number of rotatable bonds is 10. The highest BCUT2D eigenvalue weighted by Crippen LogP contribution is 2.41. The average Bonchev–Trinajstić information content (AvgIpc) is 3.80. The van der Waals surface area contributed by atoms with Gasteiger partial charge in [-0.25, -0.2) is 4.98 Å². The molecule has 4 aromatic heterocycles. The molecule has 3 N–H and O–H groups in total. The van der Waals surface area contributed by atoms with Crippen molar-refractivity contribution in [3.63, 3.8) is 0 Å². The van der Waals surface area contributed by atoms with E-state index in [9.17, 15) is 4.79 Å². The number of nitrogens with zero attached hydrogens (tertiary/aromatic N) is 5. The molecule has 41 heavy (non-hydrogen) atoms. The van der Waals surface area contributed by atoms with Gasteiger partial charge in [0, 0.05) is 34.4 Å². The minimum atomic E-state index is -0.465. The van der Waals surface area contributed by atoms with Crippen molar-refractivity contribution in [3.8, 4) is 22.7 Å². The third-order valence-corrected chi connectivity index (χ3v) is 8.55. The van der Waals surface area contributed by atoms with Gasteiger partial charge in [0.15, 0.2) is 0 Å². The molecular weight excluding hydrogens is 602 g/mol. The Hall–Kier alpha value is -4.35. The third kappa shape index (κ3) is 5.38. The van der Waals surface area contributed by atoms with E-state index in [0.29, 0.717) is 23.7 Å². The molecule has 0 spiro atoms. The summed E-state index contributed by atoms with van der Waals surface area (Å²) in [6, 6.07) is 17.8. The van der Waals surface area contributed by atoms with Gasteiger partial charge in [-0.3, -0.25) is 4.79 Å². The number of furan rings is 1. The van der Waals surface area contributed by atoms with Gasteiger partial charge in [-0.1, -0.05) is 49.7 Å². The lowest BCUT2D eigenvalue weighted by molar-refractivity contribution is -0.112. The minimum Gasteiger partial charge on any atom is -0.455 e. The zero-order valence-electron chi connectivity index (χ0n) is 22.2. The lowest BCUT2D eigenvalue weighted by Crippen LogP contribution is -2.13. The summed E-state index contributed by atoms with van der Waals surface area (Å²) in [6.45, 7) is 2.73. The summed E-state index contributed by atoms with van der Waals surface area (Å²) in [4.78, 5) is 17.9. The number of aromatic nitrogens is 6. The predicted molar refractivity (Wildman–Crippen MR) is 164 cm³/mol. The van der Waals surface area contributed by atoms with Crippen molar-refractivity contribution < 1.29 is 9.21 Å². The molecule has 0 aliphatic heterocycles. The van der Waals surface area contributed by atoms with E-state index in [1.54, 1.807) is 0 Å². The van der Waals surface area contributed by atoms with E-state index in [1.165, 1.54) is 11.3 Å². The molecule has 6 rings (SSSR count). The summed E-state index contributed by atoms with van der Waals surface area (Å²) in [5.41, 5.74) is 10.6. The molecule has 206 valence electrons. The van der Waals surface area contributed by atoms with E-state index in [-0.39, 0.29) is 0 Å². The van der Waals surface area contributed by atoms with Gasteiger partial charge >= 0.3 is 0 Å². The first-order valence-corrected chi connectivity index (χ1v) is 14.8. The summed E-state index contributed by atoms with van der Waals surface area (Å²) >= 11 is 5.28. The summed E-state index contributed by atoms with van der Waals surface area (Å²) in [6.07, 6.45) is 6.58. The van der Waals surface area contributed by atoms with Crippen molar-refractivity contribution >= 4 is 55.8 Å². The maximum absolute atomic E-state index is 12.4. The van der Waals surface area contributed by atoms with Crippen LogP contribution in [0.25, 0.3) is 45.3 Å². The molecule has 6 aromatic rings. The lowest BCUT2D eigenvalue weighted by Gasteiger charge is -2.12. The van der Waals surface area contributed by atoms with Gasteiger partial charge in [-0.15, -0.1) is 21.5 Å². The van der Waals surface area contributed by atoms with Crippen molar-refractivity contribution in [2.45, 2.75) is 32.7 Å². The highest BCUT2D eigenvalue weighted by Gasteiger charge is 2.20. The molecule has 0 saturated heterocycles. The number of carbonyl (C=O) groups is 1. The van der Waals surface area contributed by atoms with Crippen molar-refractivity contribution in [2.24, 2.45) is 5.73 Å². The molecule has 0 bridgehead atoms. The van der Waals surface area contributed by atoms with Gasteiger partial charge < -0.3 is 14.7 Å². The predicted octanol–water partition coefficient (Wildman–Crippen LogP) is 6.72. The molecule has 0 radical (unpaired) electrons. The fourth-order valence-corrected chi connectivity index (χ4v) is 6.18. The Bertz CT molecular complexity index is 1850. The van der Waals surface area contributed by atoms with Crippen LogP contribution in [0.1, 0.15) is 41.7 Å². The Morgan fingerprint density at radius 2 is 2.02 bits per heavy atom. The third-order valence-electron chi connectivity index (χ3n) is 6.86. The van der Waals surface area contributed by atoms with Crippen LogP contribution in [-0.4, -0.2) is 36.1 Å². The number of nitrogens with one attached hydrogen (secondary N) is 1. The number of fused-ring (bicyclic) bond motifs is 1. The Morgan fingerprint density at radius 1 is 1.17 bits per heavy atom. The van der Waals surface area contributed by atoms with Crippen LogP contribution < -0.4 is 5.73 Å². The van der Waals surface area contributed by atoms with Gasteiger partial charge in [0.2, 0.25) is 11.7 Å². The van der Waals surface area contributed by atoms with Crippen LogP contribution >= 0.6 is 27.3 Å². The lowest BCUT2D eigenvalue weighted by atomic mass is 10.0. The first-order chi connectivity index (χ1) is 20.0. The number of aromatic amines is 1. The van der Waals surface area contributed by atoms with Crippen LogP contribution in [0.5, 0.6) is 0 Å². The van der Waals surface area contributed by atoms with E-state index in [1.807, 2.05) is 60.1 Å². The molecule has 0 unspecified atom stereocenters. The summed E-state index contributed by atoms with van der Waals surface area (Å²) in [5, 5.41) is 17.4. The Labute approximate surface area is 248 Å². The van der Waals surface area contributed by atoms with Crippen LogP contribution in [0.3, 0.4) is 0 Å². The Morgan fingerprint density at radius 3 is 2.76 bits per heavy atom. The van der Waals surface area contributed by atoms with Crippen molar-refractivity contribution in [3.05, 3.63) is 92.6 Å². The highest BCUT2D eigenvalue weighted by atomic mass is 79.9. The second kappa shape index (κ2) is 11.6. The van der Waals surface area contributed by atoms with Crippen LogP contribution in [0.4, 0.5) is 0 Å². The fraction of sp³-hybridized carbons (Fsp3) is 0.167. The van der Waals surface area contributed by atoms with Crippen molar-refractivity contribution in [1.82, 2.24) is 30.2 Å². The van der Waals surface area contributed by atoms with Gasteiger partial charge in [-0.2, -0.15) is 5.21 Å². The summed E-state index contributed by atoms with van der Waals surface area (Å²) in [7, 11) is 0. The van der Waals surface area contributed by atoms with E-state index in [2.05, 4.69) is 60.2 Å². The highest BCUT2D eigenvalue weighted by molar-refractivity contribution is 9.10. The number of hydrogen-bond donors (Lipinski definition) is 2. The van der Waals surface area contributed by atoms with Gasteiger partial charge in [0.05, 0.1) is 21.9 Å². The first kappa shape index (κ1) is 26.9. The summed E-state index contributed by atoms with van der Waals surface area (Å²) < 4.78 is 9.33. The van der Waals surface area contributed by atoms with E-state index in [4.69, 9.17) is 15.1 Å². The molecular formula is C30H26BrN7O2S. The number of thiophene rings is 1. The topological polar surface area (TPSA) is 129 Å². The molecule has 0 atom stereocenters. The van der Waals surface area contributed by atoms with Crippen LogP contribution in [0, 0.1) is 0 Å². The summed E-state index contributed by atoms with van der Waals surface area (Å²) in [5.74, 6) is 1.68. The zero-order valence-corrected chi connectivity index (χ0v) is 24.6. The molecule has 4 heterocycles. The molecule has 1 amide bonds. The fourth-order valence-electron chi connectivity index (χ4n) is 4.83. The standard InChI is InChI=1S/C30H26BrN7O2S/c1-2-3-10-26-33-16-19(15-23(29(32)39)25-9-6-13-41-25)38(26)17-18-11-12-24-22(14-18)27(31)28(40-24)20-7-4-5-8-21(20)30-34-36-37-35-30/h4-9,11-16H,2-3,10,17H2,1H3,(H2,32,39)(H,34,35,36,37)/b23-15+. The monoisotopic (exact) mass is 627 g/mol. The number of imidazole rings is 1. The second-order valence-corrected chi connectivity index (χ2v) is 11.3. The quantitative estimate of drug-likeness (QED) is 0.162. The second-order valence-electron chi connectivity index (χ2n) is 9.55. The van der Waals surface area contributed by atoms with Gasteiger partial charge in [-0.05, 0) is 62.8 Å². The number of halogens is 1. The number of unbranched alkanes of at least 4 members (excludes halogenated alkanes) is 1. The van der Waals surface area contributed by atoms with E-state index >= 15 is 0 Å². The molecule has 0 aliphatic carbocycles. The molecule has 11 heteroatoms. The number of benzene rings is 2. The molecule has 0 fully saturated rings. The Balaban J connectivity index is 1.40.